The van der Waals surface area contributed by atoms with Crippen LogP contribution >= 0.6 is 0 Å². The van der Waals surface area contributed by atoms with E-state index in [4.69, 9.17) is 18.1 Å². The van der Waals surface area contributed by atoms with E-state index >= 15 is 0 Å². The quantitative estimate of drug-likeness (QED) is 0.162. The number of aromatic nitrogens is 1. The number of rotatable bonds is 7. The molecule has 0 aliphatic carbocycles. The second kappa shape index (κ2) is 13.6. The number of benzene rings is 9. The maximum Gasteiger partial charge on any atom is 0.145 e. The highest BCUT2D eigenvalue weighted by molar-refractivity contribution is 6.17. The molecule has 0 unspecified atom stereocenters. The van der Waals surface area contributed by atoms with Gasteiger partial charge in [-0.3, -0.25) is 0 Å². The molecule has 0 bridgehead atoms. The molecule has 0 spiro atoms. The number of anilines is 3. The van der Waals surface area contributed by atoms with Gasteiger partial charge in [0.25, 0.3) is 0 Å². The van der Waals surface area contributed by atoms with Gasteiger partial charge in [0.05, 0.1) is 46.8 Å². The van der Waals surface area contributed by atoms with E-state index in [0.717, 1.165) is 32.4 Å². The third-order valence-corrected chi connectivity index (χ3v) is 9.93. The van der Waals surface area contributed by atoms with Gasteiger partial charge in [0.2, 0.25) is 0 Å². The number of para-hydroxylation sites is 3. The standard InChI is InChI=1S/C54H36N2O/c1-3-13-37(14-4-1)39-23-29-42(30-24-39)55(43-31-25-40(26-32-43)38-15-5-2-6-16-38)51-36-35-45(54-53(51)48-19-9-12-22-52(48)57-54)41-27-33-44(34-28-41)56-49-20-10-7-17-46(49)47-18-8-11-21-50(47)56/h1-36H/i1D,2D,3D,4D,5D,6D,13D,14D,15D,16D,23D,24D,25D,26D,29D,30D,31D,32D. The fourth-order valence-corrected chi connectivity index (χ4v) is 7.40. The van der Waals surface area contributed by atoms with Gasteiger partial charge in [0.1, 0.15) is 11.2 Å². The van der Waals surface area contributed by atoms with E-state index in [1.165, 1.54) is 0 Å². The zero-order valence-electron chi connectivity index (χ0n) is 47.7. The Morgan fingerprint density at radius 2 is 0.912 bits per heavy atom. The Morgan fingerprint density at radius 1 is 0.421 bits per heavy atom. The maximum absolute atomic E-state index is 9.65. The van der Waals surface area contributed by atoms with Crippen molar-refractivity contribution < 1.29 is 29.1 Å². The van der Waals surface area contributed by atoms with E-state index in [1.54, 1.807) is 36.4 Å². The molecular weight excluding hydrogens is 693 g/mol. The first-order valence-corrected chi connectivity index (χ1v) is 18.0. The average molecular weight is 747 g/mol. The van der Waals surface area contributed by atoms with Gasteiger partial charge < -0.3 is 13.9 Å². The van der Waals surface area contributed by atoms with Gasteiger partial charge in [0, 0.05) is 38.8 Å². The third kappa shape index (κ3) is 5.60. The lowest BCUT2D eigenvalue weighted by Crippen LogP contribution is -2.10. The second-order valence-electron chi connectivity index (χ2n) is 13.1. The Morgan fingerprint density at radius 3 is 1.47 bits per heavy atom. The summed E-state index contributed by atoms with van der Waals surface area (Å²) >= 11 is 0. The lowest BCUT2D eigenvalue weighted by atomic mass is 9.99. The minimum atomic E-state index is -0.867. The normalized spacial score (nSPS) is 15.9. The molecule has 2 heterocycles. The number of nitrogens with zero attached hydrogens (tertiary/aromatic N) is 2. The summed E-state index contributed by atoms with van der Waals surface area (Å²) in [6.07, 6.45) is 0. The van der Waals surface area contributed by atoms with Crippen molar-refractivity contribution in [1.29, 1.82) is 0 Å². The highest BCUT2D eigenvalue weighted by Crippen LogP contribution is 2.46. The molecule has 57 heavy (non-hydrogen) atoms. The van der Waals surface area contributed by atoms with Crippen LogP contribution in [0.1, 0.15) is 24.7 Å². The number of hydrogen-bond acceptors (Lipinski definition) is 2. The first kappa shape index (κ1) is 19.3. The van der Waals surface area contributed by atoms with E-state index in [2.05, 4.69) is 16.7 Å². The molecule has 3 nitrogen and oxygen atoms in total. The summed E-state index contributed by atoms with van der Waals surface area (Å²) in [6.45, 7) is 0. The van der Waals surface area contributed by atoms with Crippen LogP contribution in [0.5, 0.6) is 0 Å². The molecule has 0 saturated heterocycles. The molecule has 0 aliphatic heterocycles. The summed E-state index contributed by atoms with van der Waals surface area (Å²) in [5.41, 5.74) is 0.908. The van der Waals surface area contributed by atoms with E-state index in [0.29, 0.717) is 22.1 Å². The molecule has 0 atom stereocenters. The Kier molecular flexibility index (Phi) is 4.60. The summed E-state index contributed by atoms with van der Waals surface area (Å²) < 4.78 is 169. The van der Waals surface area contributed by atoms with Crippen LogP contribution in [0.25, 0.3) is 82.8 Å². The highest BCUT2D eigenvalue weighted by atomic mass is 16.3. The molecule has 2 aromatic heterocycles. The molecule has 0 fully saturated rings. The van der Waals surface area contributed by atoms with E-state index in [9.17, 15) is 11.0 Å². The summed E-state index contributed by atoms with van der Waals surface area (Å²) in [5, 5.41) is 2.88. The smallest absolute Gasteiger partial charge is 0.145 e. The Hall–Kier alpha value is -7.62. The zero-order valence-corrected chi connectivity index (χ0v) is 29.7. The summed E-state index contributed by atoms with van der Waals surface area (Å²) in [7, 11) is 0. The minimum Gasteiger partial charge on any atom is -0.455 e. The Bertz CT molecular complexity index is 3990. The second-order valence-corrected chi connectivity index (χ2v) is 13.1. The molecule has 0 radical (unpaired) electrons. The SMILES string of the molecule is [2H]c1c([2H])c([2H])c(-c2c([2H])c([2H])c(N(c3c([2H])c([2H])c(-c4c([2H])c([2H])c([2H])c([2H])c4[2H])c([2H])c3[2H])c3ccc(-c4ccc(-n5c6ccccc6c6ccccc65)cc4)c4oc5ccccc5c34)c([2H])c2[2H])c([2H])c1[2H]. The van der Waals surface area contributed by atoms with Gasteiger partial charge in [-0.1, -0.05) is 151 Å². The molecule has 0 amide bonds. The fraction of sp³-hybridized carbons (Fsp3) is 0. The largest absolute Gasteiger partial charge is 0.455 e. The van der Waals surface area contributed by atoms with Crippen molar-refractivity contribution in [2.45, 2.75) is 0 Å². The summed E-state index contributed by atoms with van der Waals surface area (Å²) in [4.78, 5) is 1.03. The van der Waals surface area contributed by atoms with Gasteiger partial charge in [-0.25, -0.2) is 0 Å². The van der Waals surface area contributed by atoms with Gasteiger partial charge >= 0.3 is 0 Å². The molecule has 3 heteroatoms. The molecule has 0 aliphatic rings. The summed E-state index contributed by atoms with van der Waals surface area (Å²) in [5.74, 6) is 0. The summed E-state index contributed by atoms with van der Waals surface area (Å²) in [6, 6.07) is 19.3. The lowest BCUT2D eigenvalue weighted by molar-refractivity contribution is 0.670. The number of fused-ring (bicyclic) bond motifs is 6. The zero-order chi connectivity index (χ0) is 53.4. The van der Waals surface area contributed by atoms with Crippen LogP contribution in [0.15, 0.2) is 222 Å². The predicted molar refractivity (Wildman–Crippen MR) is 239 cm³/mol. The van der Waals surface area contributed by atoms with Crippen molar-refractivity contribution in [1.82, 2.24) is 4.57 Å². The minimum absolute atomic E-state index is 0.0201. The Labute approximate surface area is 356 Å². The Balaban J connectivity index is 1.20. The van der Waals surface area contributed by atoms with Crippen LogP contribution in [0, 0.1) is 0 Å². The molecule has 11 aromatic rings. The number of furan rings is 1. The van der Waals surface area contributed by atoms with Crippen LogP contribution in [-0.4, -0.2) is 4.57 Å². The monoisotopic (exact) mass is 746 g/mol. The van der Waals surface area contributed by atoms with Crippen LogP contribution in [0.3, 0.4) is 0 Å². The van der Waals surface area contributed by atoms with Crippen molar-refractivity contribution in [3.63, 3.8) is 0 Å². The van der Waals surface area contributed by atoms with Crippen LogP contribution in [0.4, 0.5) is 17.1 Å². The lowest BCUT2D eigenvalue weighted by Gasteiger charge is -2.27. The molecule has 268 valence electrons. The predicted octanol–water partition coefficient (Wildman–Crippen LogP) is 15.2. The van der Waals surface area contributed by atoms with Gasteiger partial charge in [-0.05, 0) is 94.5 Å². The third-order valence-electron chi connectivity index (χ3n) is 9.93. The van der Waals surface area contributed by atoms with E-state index < -0.39 is 142 Å². The first-order valence-electron chi connectivity index (χ1n) is 27.0. The van der Waals surface area contributed by atoms with Crippen molar-refractivity contribution in [3.8, 4) is 39.1 Å². The molecule has 11 rings (SSSR count). The van der Waals surface area contributed by atoms with Crippen molar-refractivity contribution in [2.24, 2.45) is 0 Å². The van der Waals surface area contributed by atoms with Gasteiger partial charge in [-0.2, -0.15) is 0 Å². The number of hydrogen-bond donors (Lipinski definition) is 0. The van der Waals surface area contributed by atoms with Crippen molar-refractivity contribution in [2.75, 3.05) is 4.90 Å². The average Bonchev–Trinajstić information content (AvgIpc) is 3.98. The van der Waals surface area contributed by atoms with Gasteiger partial charge in [0.15, 0.2) is 0 Å². The topological polar surface area (TPSA) is 21.3 Å². The highest BCUT2D eigenvalue weighted by Gasteiger charge is 2.22. The first-order chi connectivity index (χ1) is 35.8. The molecule has 0 saturated carbocycles. The van der Waals surface area contributed by atoms with Crippen molar-refractivity contribution >= 4 is 60.8 Å². The van der Waals surface area contributed by atoms with Gasteiger partial charge in [-0.15, -0.1) is 0 Å². The molecule has 9 aromatic carbocycles. The fourth-order valence-electron chi connectivity index (χ4n) is 7.40. The van der Waals surface area contributed by atoms with E-state index in [-0.39, 0.29) is 16.7 Å². The van der Waals surface area contributed by atoms with E-state index in [1.807, 2.05) is 60.7 Å². The van der Waals surface area contributed by atoms with Crippen LogP contribution in [-0.2, 0) is 0 Å². The maximum atomic E-state index is 9.65. The van der Waals surface area contributed by atoms with Crippen LogP contribution < -0.4 is 4.90 Å². The molecule has 0 N–H and O–H groups in total. The molecular formula is C54H36N2O. The van der Waals surface area contributed by atoms with Crippen molar-refractivity contribution in [3.05, 3.63) is 218 Å². The van der Waals surface area contributed by atoms with Crippen LogP contribution in [0.2, 0.25) is 0 Å².